The molecular weight excluding hydrogens is 320 g/mol. The van der Waals surface area contributed by atoms with Crippen LogP contribution in [0.25, 0.3) is 0 Å². The van der Waals surface area contributed by atoms with Crippen molar-refractivity contribution in [1.29, 1.82) is 0 Å². The molecule has 1 aliphatic rings. The Kier molecular flexibility index (Phi) is 6.42. The highest BCUT2D eigenvalue weighted by Gasteiger charge is 2.38. The maximum Gasteiger partial charge on any atom is 0.323 e. The van der Waals surface area contributed by atoms with Crippen LogP contribution in [-0.4, -0.2) is 49.6 Å². The summed E-state index contributed by atoms with van der Waals surface area (Å²) in [5, 5.41) is 2.99. The molecule has 0 bridgehead atoms. The van der Waals surface area contributed by atoms with Crippen LogP contribution in [0.15, 0.2) is 12.1 Å². The van der Waals surface area contributed by atoms with E-state index in [9.17, 15) is 9.59 Å². The van der Waals surface area contributed by atoms with Crippen LogP contribution in [0.5, 0.6) is 5.75 Å². The Balaban J connectivity index is 2.19. The van der Waals surface area contributed by atoms with Crippen molar-refractivity contribution in [1.82, 2.24) is 10.2 Å². The fraction of sp³-hybridized carbons (Fsp3) is 0.579. The fourth-order valence-electron chi connectivity index (χ4n) is 3.36. The summed E-state index contributed by atoms with van der Waals surface area (Å²) < 4.78 is 10.3. The molecule has 2 rings (SSSR count). The summed E-state index contributed by atoms with van der Waals surface area (Å²) in [6, 6.07) is 3.62. The van der Waals surface area contributed by atoms with Gasteiger partial charge in [0, 0.05) is 25.6 Å². The minimum absolute atomic E-state index is 0.00642. The molecule has 1 aromatic carbocycles. The Morgan fingerprint density at radius 2 is 1.96 bits per heavy atom. The van der Waals surface area contributed by atoms with Crippen molar-refractivity contribution >= 4 is 11.9 Å². The van der Waals surface area contributed by atoms with Gasteiger partial charge in [0.15, 0.2) is 0 Å². The molecule has 1 N–H and O–H groups in total. The minimum Gasteiger partial charge on any atom is -0.496 e. The summed E-state index contributed by atoms with van der Waals surface area (Å²) in [4.78, 5) is 25.9. The van der Waals surface area contributed by atoms with E-state index >= 15 is 0 Å². The smallest absolute Gasteiger partial charge is 0.323 e. The summed E-state index contributed by atoms with van der Waals surface area (Å²) in [6.45, 7) is 7.19. The lowest BCUT2D eigenvalue weighted by molar-refractivity contribution is -0.146. The van der Waals surface area contributed by atoms with E-state index in [1.807, 2.05) is 26.0 Å². The number of likely N-dealkylation sites (tertiary alicyclic amines) is 1. The van der Waals surface area contributed by atoms with Crippen molar-refractivity contribution in [2.45, 2.75) is 52.2 Å². The lowest BCUT2D eigenvalue weighted by Crippen LogP contribution is -2.37. The molecule has 1 saturated heterocycles. The van der Waals surface area contributed by atoms with Gasteiger partial charge in [0.05, 0.1) is 14.2 Å². The average molecular weight is 348 g/mol. The van der Waals surface area contributed by atoms with E-state index in [0.717, 1.165) is 22.4 Å². The third-order valence-electron chi connectivity index (χ3n) is 5.01. The molecule has 0 aromatic heterocycles. The van der Waals surface area contributed by atoms with Gasteiger partial charge in [-0.2, -0.15) is 0 Å². The van der Waals surface area contributed by atoms with Gasteiger partial charge in [0.2, 0.25) is 5.91 Å². The van der Waals surface area contributed by atoms with Crippen LogP contribution in [0.3, 0.4) is 0 Å². The van der Waals surface area contributed by atoms with Crippen LogP contribution in [-0.2, 0) is 20.9 Å². The zero-order valence-electron chi connectivity index (χ0n) is 15.7. The summed E-state index contributed by atoms with van der Waals surface area (Å²) in [6.07, 6.45) is 1.02. The van der Waals surface area contributed by atoms with Gasteiger partial charge in [-0.3, -0.25) is 14.5 Å². The van der Waals surface area contributed by atoms with Gasteiger partial charge in [-0.05, 0) is 43.0 Å². The van der Waals surface area contributed by atoms with E-state index in [1.54, 1.807) is 7.11 Å². The second kappa shape index (κ2) is 8.34. The van der Waals surface area contributed by atoms with E-state index in [1.165, 1.54) is 7.11 Å². The van der Waals surface area contributed by atoms with Crippen molar-refractivity contribution < 1.29 is 19.1 Å². The number of benzene rings is 1. The number of ether oxygens (including phenoxy) is 2. The first kappa shape index (κ1) is 19.2. The first-order chi connectivity index (χ1) is 11.9. The molecule has 0 radical (unpaired) electrons. The molecule has 1 heterocycles. The number of carbonyl (C=O) groups is 2. The molecule has 0 spiro atoms. The molecule has 0 unspecified atom stereocenters. The SMILES string of the molecule is CCC(=O)N[C@H]1C[C@@H](C(=O)OC)N(Cc2ccc(OC)c(C)c2C)C1. The first-order valence-corrected chi connectivity index (χ1v) is 8.65. The zero-order valence-corrected chi connectivity index (χ0v) is 15.7. The van der Waals surface area contributed by atoms with Gasteiger partial charge in [-0.15, -0.1) is 0 Å². The molecule has 1 aliphatic heterocycles. The number of amides is 1. The van der Waals surface area contributed by atoms with Gasteiger partial charge < -0.3 is 14.8 Å². The number of carbonyl (C=O) groups excluding carboxylic acids is 2. The number of nitrogens with one attached hydrogen (secondary N) is 1. The fourth-order valence-corrected chi connectivity index (χ4v) is 3.36. The summed E-state index contributed by atoms with van der Waals surface area (Å²) in [7, 11) is 3.07. The standard InChI is InChI=1S/C19H28N2O4/c1-6-18(22)20-15-9-16(19(23)25-5)21(11-15)10-14-7-8-17(24-4)13(3)12(14)2/h7-8,15-16H,6,9-11H2,1-5H3,(H,20,22)/t15-,16-/m0/s1. The Bertz CT molecular complexity index is 645. The molecule has 1 fully saturated rings. The lowest BCUT2D eigenvalue weighted by atomic mass is 10.0. The molecule has 1 aromatic rings. The van der Waals surface area contributed by atoms with Crippen LogP contribution >= 0.6 is 0 Å². The maximum absolute atomic E-state index is 12.2. The number of hydrogen-bond donors (Lipinski definition) is 1. The van der Waals surface area contributed by atoms with Crippen LogP contribution in [0.2, 0.25) is 0 Å². The Labute approximate surface area is 149 Å². The number of rotatable bonds is 6. The van der Waals surface area contributed by atoms with Gasteiger partial charge in [0.1, 0.15) is 11.8 Å². The van der Waals surface area contributed by atoms with Crippen LogP contribution in [0.1, 0.15) is 36.5 Å². The summed E-state index contributed by atoms with van der Waals surface area (Å²) in [5.74, 6) is 0.614. The second-order valence-corrected chi connectivity index (χ2v) is 6.50. The van der Waals surface area contributed by atoms with Gasteiger partial charge in [0.25, 0.3) is 0 Å². The Morgan fingerprint density at radius 3 is 2.56 bits per heavy atom. The van der Waals surface area contributed by atoms with Crippen molar-refractivity contribution in [2.24, 2.45) is 0 Å². The molecule has 0 aliphatic carbocycles. The predicted octanol–water partition coefficient (Wildman–Crippen LogP) is 1.95. The first-order valence-electron chi connectivity index (χ1n) is 8.65. The second-order valence-electron chi connectivity index (χ2n) is 6.50. The third-order valence-corrected chi connectivity index (χ3v) is 5.01. The number of methoxy groups -OCH3 is 2. The molecule has 1 amide bonds. The van der Waals surface area contributed by atoms with Crippen LogP contribution in [0.4, 0.5) is 0 Å². The van der Waals surface area contributed by atoms with Crippen molar-refractivity contribution in [3.8, 4) is 5.75 Å². The van der Waals surface area contributed by atoms with Gasteiger partial charge in [-0.1, -0.05) is 13.0 Å². The predicted molar refractivity (Wildman–Crippen MR) is 95.5 cm³/mol. The molecule has 138 valence electrons. The highest BCUT2D eigenvalue weighted by molar-refractivity contribution is 5.78. The van der Waals surface area contributed by atoms with Gasteiger partial charge in [-0.25, -0.2) is 0 Å². The Hall–Kier alpha value is -2.08. The largest absolute Gasteiger partial charge is 0.496 e. The van der Waals surface area contributed by atoms with Crippen LogP contribution in [0, 0.1) is 13.8 Å². The lowest BCUT2D eigenvalue weighted by Gasteiger charge is -2.24. The van der Waals surface area contributed by atoms with Crippen molar-refractivity contribution in [3.05, 3.63) is 28.8 Å². The molecule has 6 heteroatoms. The van der Waals surface area contributed by atoms with E-state index in [2.05, 4.69) is 17.1 Å². The van der Waals surface area contributed by atoms with Crippen molar-refractivity contribution in [3.63, 3.8) is 0 Å². The molecule has 25 heavy (non-hydrogen) atoms. The highest BCUT2D eigenvalue weighted by atomic mass is 16.5. The topological polar surface area (TPSA) is 67.9 Å². The Morgan fingerprint density at radius 1 is 1.24 bits per heavy atom. The maximum atomic E-state index is 12.2. The average Bonchev–Trinajstić information content (AvgIpc) is 3.00. The number of hydrogen-bond acceptors (Lipinski definition) is 5. The number of nitrogens with zero attached hydrogens (tertiary/aromatic N) is 1. The highest BCUT2D eigenvalue weighted by Crippen LogP contribution is 2.28. The van der Waals surface area contributed by atoms with E-state index in [4.69, 9.17) is 9.47 Å². The quantitative estimate of drug-likeness (QED) is 0.796. The van der Waals surface area contributed by atoms with E-state index < -0.39 is 0 Å². The molecule has 6 nitrogen and oxygen atoms in total. The van der Waals surface area contributed by atoms with Crippen molar-refractivity contribution in [2.75, 3.05) is 20.8 Å². The molecule has 0 saturated carbocycles. The van der Waals surface area contributed by atoms with E-state index in [0.29, 0.717) is 25.9 Å². The number of esters is 1. The van der Waals surface area contributed by atoms with E-state index in [-0.39, 0.29) is 24.0 Å². The zero-order chi connectivity index (χ0) is 18.6. The normalized spacial score (nSPS) is 20.4. The van der Waals surface area contributed by atoms with Gasteiger partial charge >= 0.3 is 5.97 Å². The summed E-state index contributed by atoms with van der Waals surface area (Å²) >= 11 is 0. The minimum atomic E-state index is -0.339. The summed E-state index contributed by atoms with van der Waals surface area (Å²) in [5.41, 5.74) is 3.41. The van der Waals surface area contributed by atoms with Crippen LogP contribution < -0.4 is 10.1 Å². The third kappa shape index (κ3) is 4.31. The molecule has 2 atom stereocenters. The monoisotopic (exact) mass is 348 g/mol. The molecular formula is C19H28N2O4.